The Morgan fingerprint density at radius 1 is 1.14 bits per heavy atom. The van der Waals surface area contributed by atoms with E-state index in [1.165, 1.54) is 5.56 Å². The quantitative estimate of drug-likeness (QED) is 0.206. The van der Waals surface area contributed by atoms with E-state index in [-0.39, 0.29) is 18.5 Å². The molecular formula is C24H28N4O7. The number of ether oxygens (including phenoxy) is 1. The van der Waals surface area contributed by atoms with Gasteiger partial charge in [0.1, 0.15) is 12.4 Å². The van der Waals surface area contributed by atoms with Gasteiger partial charge in [-0.3, -0.25) is 9.59 Å². The van der Waals surface area contributed by atoms with Gasteiger partial charge in [-0.15, -0.1) is 0 Å². The minimum atomic E-state index is -2.76. The minimum absolute atomic E-state index is 0.0782. The molecule has 2 heterocycles. The number of H-pyrrole nitrogens is 1. The molecule has 0 saturated carbocycles. The van der Waals surface area contributed by atoms with Crippen LogP contribution in [0.2, 0.25) is 0 Å². The second-order valence-electron chi connectivity index (χ2n) is 8.43. The summed E-state index contributed by atoms with van der Waals surface area (Å²) in [5.74, 6) is -4.15. The third-order valence-electron chi connectivity index (χ3n) is 5.58. The number of anilines is 1. The van der Waals surface area contributed by atoms with E-state index in [0.29, 0.717) is 17.8 Å². The number of aliphatic carboxylic acids is 2. The number of benzene rings is 1. The molecule has 0 aliphatic rings. The molecule has 0 saturated heterocycles. The maximum Gasteiger partial charge on any atom is 0.336 e. The monoisotopic (exact) mass is 484 g/mol. The number of pyridine rings is 1. The average molecular weight is 485 g/mol. The molecule has 2 atom stereocenters. The molecule has 35 heavy (non-hydrogen) atoms. The van der Waals surface area contributed by atoms with Crippen LogP contribution in [0.5, 0.6) is 0 Å². The van der Waals surface area contributed by atoms with Crippen LogP contribution >= 0.6 is 0 Å². The van der Waals surface area contributed by atoms with Crippen LogP contribution in [-0.2, 0) is 38.7 Å². The summed E-state index contributed by atoms with van der Waals surface area (Å²) in [6, 6.07) is 11.3. The van der Waals surface area contributed by atoms with E-state index in [2.05, 4.69) is 21.4 Å². The summed E-state index contributed by atoms with van der Waals surface area (Å²) < 4.78 is 5.11. The maximum atomic E-state index is 12.1. The van der Waals surface area contributed by atoms with E-state index in [9.17, 15) is 19.5 Å². The predicted molar refractivity (Wildman–Crippen MR) is 126 cm³/mol. The number of aliphatic hydroxyl groups is 1. The molecule has 3 aromatic rings. The summed E-state index contributed by atoms with van der Waals surface area (Å²) in [6.07, 6.45) is 0.597. The second-order valence-corrected chi connectivity index (χ2v) is 8.43. The number of carbonyl (C=O) groups excluding carboxylic acids is 1. The first kappa shape index (κ1) is 25.7. The normalized spacial score (nSPS) is 13.8. The highest BCUT2D eigenvalue weighted by Gasteiger charge is 2.41. The van der Waals surface area contributed by atoms with Gasteiger partial charge in [0, 0.05) is 35.2 Å². The first-order valence-electron chi connectivity index (χ1n) is 10.9. The maximum absolute atomic E-state index is 12.1. The molecule has 7 N–H and O–H groups in total. The van der Waals surface area contributed by atoms with Gasteiger partial charge in [0.15, 0.2) is 5.60 Å². The number of nitrogens with one attached hydrogen (secondary N) is 2. The number of rotatable bonds is 12. The molecular weight excluding hydrogens is 456 g/mol. The first-order valence-corrected chi connectivity index (χ1v) is 10.9. The Bertz CT molecular complexity index is 1230. The number of carboxylic acid groups (broad SMARTS) is 2. The molecule has 0 radical (unpaired) electrons. The molecule has 2 aromatic heterocycles. The van der Waals surface area contributed by atoms with Gasteiger partial charge in [0.25, 0.3) is 0 Å². The van der Waals surface area contributed by atoms with Gasteiger partial charge in [0.2, 0.25) is 0 Å². The van der Waals surface area contributed by atoms with Crippen LogP contribution in [0.1, 0.15) is 36.6 Å². The van der Waals surface area contributed by atoms with Crippen molar-refractivity contribution in [3.05, 3.63) is 59.4 Å². The van der Waals surface area contributed by atoms with E-state index in [1.807, 2.05) is 31.3 Å². The zero-order valence-corrected chi connectivity index (χ0v) is 19.2. The second kappa shape index (κ2) is 11.0. The number of carbonyl (C=O) groups is 3. The highest BCUT2D eigenvalue weighted by Crippen LogP contribution is 2.20. The van der Waals surface area contributed by atoms with Crippen LogP contribution in [0.3, 0.4) is 0 Å². The van der Waals surface area contributed by atoms with E-state index in [4.69, 9.17) is 20.7 Å². The Morgan fingerprint density at radius 3 is 2.60 bits per heavy atom. The van der Waals surface area contributed by atoms with Gasteiger partial charge < -0.3 is 36.1 Å². The molecule has 11 nitrogen and oxygen atoms in total. The highest BCUT2D eigenvalue weighted by atomic mass is 16.5. The van der Waals surface area contributed by atoms with Gasteiger partial charge in [-0.25, -0.2) is 9.78 Å². The number of nitrogen functional groups attached to an aromatic ring is 1. The van der Waals surface area contributed by atoms with Crippen molar-refractivity contribution in [2.45, 2.75) is 51.0 Å². The van der Waals surface area contributed by atoms with Crippen LogP contribution in [0.25, 0.3) is 10.9 Å². The third kappa shape index (κ3) is 6.78. The summed E-state index contributed by atoms with van der Waals surface area (Å²) in [4.78, 5) is 41.8. The fourth-order valence-corrected chi connectivity index (χ4v) is 3.72. The number of esters is 1. The number of para-hydroxylation sites is 1. The van der Waals surface area contributed by atoms with Crippen molar-refractivity contribution in [2.24, 2.45) is 0 Å². The van der Waals surface area contributed by atoms with E-state index >= 15 is 0 Å². The number of aromatic amines is 1. The van der Waals surface area contributed by atoms with Crippen molar-refractivity contribution >= 4 is 34.6 Å². The lowest BCUT2D eigenvalue weighted by Gasteiger charge is -2.20. The van der Waals surface area contributed by atoms with E-state index in [1.54, 1.807) is 12.1 Å². The van der Waals surface area contributed by atoms with Crippen LogP contribution in [0.4, 0.5) is 5.82 Å². The molecule has 0 aliphatic carbocycles. The van der Waals surface area contributed by atoms with Crippen molar-refractivity contribution in [3.63, 3.8) is 0 Å². The number of hydrogen-bond acceptors (Lipinski definition) is 8. The Balaban J connectivity index is 1.60. The van der Waals surface area contributed by atoms with Gasteiger partial charge in [-0.2, -0.15) is 0 Å². The largest absolute Gasteiger partial charge is 0.481 e. The predicted octanol–water partition coefficient (Wildman–Crippen LogP) is 1.59. The summed E-state index contributed by atoms with van der Waals surface area (Å²) >= 11 is 0. The number of fused-ring (bicyclic) bond motifs is 1. The lowest BCUT2D eigenvalue weighted by Crippen LogP contribution is -2.43. The molecule has 0 aliphatic heterocycles. The summed E-state index contributed by atoms with van der Waals surface area (Å²) in [5, 5.41) is 32.5. The van der Waals surface area contributed by atoms with Crippen molar-refractivity contribution in [2.75, 3.05) is 5.73 Å². The smallest absolute Gasteiger partial charge is 0.336 e. The van der Waals surface area contributed by atoms with Crippen molar-refractivity contribution < 1.29 is 34.4 Å². The minimum Gasteiger partial charge on any atom is -0.481 e. The van der Waals surface area contributed by atoms with Crippen LogP contribution in [0, 0.1) is 0 Å². The number of hydrogen-bond donors (Lipinski definition) is 6. The zero-order valence-electron chi connectivity index (χ0n) is 19.2. The molecule has 0 spiro atoms. The summed E-state index contributed by atoms with van der Waals surface area (Å²) in [6.45, 7) is 2.12. The van der Waals surface area contributed by atoms with Gasteiger partial charge in [-0.05, 0) is 31.0 Å². The van der Waals surface area contributed by atoms with Gasteiger partial charge in [-0.1, -0.05) is 24.3 Å². The average Bonchev–Trinajstić information content (AvgIpc) is 3.19. The lowest BCUT2D eigenvalue weighted by atomic mass is 9.96. The zero-order chi connectivity index (χ0) is 25.6. The third-order valence-corrected chi connectivity index (χ3v) is 5.58. The molecule has 186 valence electrons. The van der Waals surface area contributed by atoms with E-state index in [0.717, 1.165) is 17.3 Å². The molecule has 11 heteroatoms. The van der Waals surface area contributed by atoms with Crippen molar-refractivity contribution in [1.82, 2.24) is 15.3 Å². The van der Waals surface area contributed by atoms with Crippen molar-refractivity contribution in [3.8, 4) is 0 Å². The van der Waals surface area contributed by atoms with Crippen molar-refractivity contribution in [1.29, 1.82) is 0 Å². The Hall–Kier alpha value is -3.96. The topological polar surface area (TPSA) is 188 Å². The molecule has 0 amide bonds. The molecule has 0 bridgehead atoms. The highest BCUT2D eigenvalue weighted by molar-refractivity contribution is 5.88. The Kier molecular flexibility index (Phi) is 8.05. The molecule has 0 fully saturated rings. The summed E-state index contributed by atoms with van der Waals surface area (Å²) in [5.41, 5.74) is 6.38. The Morgan fingerprint density at radius 2 is 1.89 bits per heavy atom. The SMILES string of the molecule is CC(Cc1c[nH]c2ccccc12)NCc1nc(N)ccc1COC(=O)CC(O)(CC(=O)O)C(=O)O. The fourth-order valence-electron chi connectivity index (χ4n) is 3.72. The fraction of sp³-hybridized carbons (Fsp3) is 0.333. The molecule has 2 unspecified atom stereocenters. The van der Waals surface area contributed by atoms with Crippen LogP contribution in [0.15, 0.2) is 42.6 Å². The van der Waals surface area contributed by atoms with Crippen LogP contribution in [-0.4, -0.2) is 54.8 Å². The number of carboxylic acids is 2. The number of nitrogens with two attached hydrogens (primary N) is 1. The summed E-state index contributed by atoms with van der Waals surface area (Å²) in [7, 11) is 0. The first-order chi connectivity index (χ1) is 16.6. The number of aromatic nitrogens is 2. The molecule has 3 rings (SSSR count). The van der Waals surface area contributed by atoms with Gasteiger partial charge in [0.05, 0.1) is 18.5 Å². The van der Waals surface area contributed by atoms with Gasteiger partial charge >= 0.3 is 17.9 Å². The van der Waals surface area contributed by atoms with Crippen LogP contribution < -0.4 is 11.1 Å². The standard InChI is InChI=1S/C24H28N4O7/c1-14(8-16-11-27-18-5-3-2-4-17(16)18)26-12-19-15(6-7-20(25)28-19)13-35-22(31)10-24(34,23(32)33)9-21(29)30/h2-7,11,14,26-27,34H,8-10,12-13H2,1H3,(H2,25,28)(H,29,30)(H,32,33). The van der Waals surface area contributed by atoms with E-state index < -0.39 is 36.4 Å². The molecule has 1 aromatic carbocycles. The lowest BCUT2D eigenvalue weighted by molar-refractivity contribution is -0.172. The number of nitrogens with zero attached hydrogens (tertiary/aromatic N) is 1. The Labute approximate surface area is 200 Å².